The number of methoxy groups -OCH3 is 3. The summed E-state index contributed by atoms with van der Waals surface area (Å²) in [6.45, 7) is 0. The van der Waals surface area contributed by atoms with Gasteiger partial charge >= 0.3 is 5.97 Å². The third-order valence-corrected chi connectivity index (χ3v) is 4.24. The van der Waals surface area contributed by atoms with Crippen LogP contribution < -0.4 is 14.2 Å². The molecule has 1 aromatic rings. The predicted octanol–water partition coefficient (Wildman–Crippen LogP) is 2.98. The lowest BCUT2D eigenvalue weighted by molar-refractivity contribution is -0.137. The van der Waals surface area contributed by atoms with Gasteiger partial charge in [-0.2, -0.15) is 0 Å². The molecule has 0 spiro atoms. The van der Waals surface area contributed by atoms with Gasteiger partial charge in [-0.1, -0.05) is 0 Å². The molecule has 0 heterocycles. The summed E-state index contributed by atoms with van der Waals surface area (Å²) in [5.74, 6) is 0.894. The molecule has 6 heteroatoms. The first kappa shape index (κ1) is 15.0. The SMILES string of the molecule is COc1cc(Br)c(OC)c(C2(CC(=O)O)CC2)c1OC. The fourth-order valence-electron chi connectivity index (χ4n) is 2.58. The Morgan fingerprint density at radius 3 is 2.25 bits per heavy atom. The van der Waals surface area contributed by atoms with Crippen LogP contribution in [0.2, 0.25) is 0 Å². The second kappa shape index (κ2) is 5.52. The van der Waals surface area contributed by atoms with E-state index in [0.717, 1.165) is 22.9 Å². The largest absolute Gasteiger partial charge is 0.495 e. The topological polar surface area (TPSA) is 65.0 Å². The lowest BCUT2D eigenvalue weighted by Gasteiger charge is -2.23. The van der Waals surface area contributed by atoms with Crippen LogP contribution in [0, 0.1) is 0 Å². The Bertz CT molecular complexity index is 537. The summed E-state index contributed by atoms with van der Waals surface area (Å²) in [7, 11) is 4.66. The molecule has 0 amide bonds. The van der Waals surface area contributed by atoms with Gasteiger partial charge in [-0.3, -0.25) is 4.79 Å². The molecule has 2 rings (SSSR count). The summed E-state index contributed by atoms with van der Waals surface area (Å²) < 4.78 is 17.0. The van der Waals surface area contributed by atoms with Gasteiger partial charge in [0.2, 0.25) is 0 Å². The summed E-state index contributed by atoms with van der Waals surface area (Å²) in [6.07, 6.45) is 1.65. The Morgan fingerprint density at radius 2 is 1.85 bits per heavy atom. The van der Waals surface area contributed by atoms with Gasteiger partial charge in [-0.25, -0.2) is 0 Å². The molecule has 1 saturated carbocycles. The lowest BCUT2D eigenvalue weighted by atomic mass is 9.90. The van der Waals surface area contributed by atoms with Crippen LogP contribution in [0.15, 0.2) is 10.5 Å². The Hall–Kier alpha value is -1.43. The van der Waals surface area contributed by atoms with Crippen LogP contribution in [0.4, 0.5) is 0 Å². The minimum atomic E-state index is -0.828. The molecule has 0 aliphatic heterocycles. The van der Waals surface area contributed by atoms with Crippen LogP contribution in [0.5, 0.6) is 17.2 Å². The highest BCUT2D eigenvalue weighted by Gasteiger charge is 2.50. The second-order valence-corrected chi connectivity index (χ2v) is 5.71. The fourth-order valence-corrected chi connectivity index (χ4v) is 3.15. The minimum Gasteiger partial charge on any atom is -0.495 e. The van der Waals surface area contributed by atoms with E-state index in [2.05, 4.69) is 15.9 Å². The van der Waals surface area contributed by atoms with E-state index >= 15 is 0 Å². The third kappa shape index (κ3) is 2.44. The van der Waals surface area contributed by atoms with Gasteiger partial charge < -0.3 is 19.3 Å². The molecule has 0 atom stereocenters. The van der Waals surface area contributed by atoms with E-state index in [9.17, 15) is 4.79 Å². The number of carboxylic acid groups (broad SMARTS) is 1. The molecule has 0 radical (unpaired) electrons. The number of carbonyl (C=O) groups is 1. The van der Waals surface area contributed by atoms with E-state index in [4.69, 9.17) is 19.3 Å². The van der Waals surface area contributed by atoms with Crippen LogP contribution >= 0.6 is 15.9 Å². The summed E-state index contributed by atoms with van der Waals surface area (Å²) >= 11 is 3.44. The molecule has 1 fully saturated rings. The van der Waals surface area contributed by atoms with E-state index in [1.807, 2.05) is 0 Å². The van der Waals surface area contributed by atoms with Crippen LogP contribution in [0.25, 0.3) is 0 Å². The van der Waals surface area contributed by atoms with Crippen molar-refractivity contribution < 1.29 is 24.1 Å². The fraction of sp³-hybridized carbons (Fsp3) is 0.500. The number of ether oxygens (including phenoxy) is 3. The lowest BCUT2D eigenvalue weighted by Crippen LogP contribution is -2.16. The van der Waals surface area contributed by atoms with Crippen molar-refractivity contribution in [3.05, 3.63) is 16.1 Å². The first-order valence-electron chi connectivity index (χ1n) is 6.20. The maximum atomic E-state index is 11.1. The molecule has 0 bridgehead atoms. The molecule has 1 aliphatic rings. The molecule has 1 aromatic carbocycles. The van der Waals surface area contributed by atoms with Crippen molar-refractivity contribution in [1.29, 1.82) is 0 Å². The number of hydrogen-bond acceptors (Lipinski definition) is 4. The van der Waals surface area contributed by atoms with Crippen LogP contribution in [-0.4, -0.2) is 32.4 Å². The van der Waals surface area contributed by atoms with Gasteiger partial charge in [0.05, 0.1) is 32.2 Å². The molecule has 0 unspecified atom stereocenters. The highest BCUT2D eigenvalue weighted by Crippen LogP contribution is 2.60. The third-order valence-electron chi connectivity index (χ3n) is 3.65. The molecule has 1 N–H and O–H groups in total. The highest BCUT2D eigenvalue weighted by molar-refractivity contribution is 9.10. The van der Waals surface area contributed by atoms with Crippen molar-refractivity contribution >= 4 is 21.9 Å². The van der Waals surface area contributed by atoms with Crippen LogP contribution in [0.3, 0.4) is 0 Å². The Morgan fingerprint density at radius 1 is 1.25 bits per heavy atom. The molecular formula is C14H17BrO5. The van der Waals surface area contributed by atoms with Crippen molar-refractivity contribution in [1.82, 2.24) is 0 Å². The quantitative estimate of drug-likeness (QED) is 0.859. The maximum Gasteiger partial charge on any atom is 0.304 e. The van der Waals surface area contributed by atoms with Crippen molar-refractivity contribution in [3.8, 4) is 17.2 Å². The molecule has 20 heavy (non-hydrogen) atoms. The normalized spacial score (nSPS) is 15.6. The Labute approximate surface area is 126 Å². The Balaban J connectivity index is 2.65. The molecular weight excluding hydrogens is 328 g/mol. The Kier molecular flexibility index (Phi) is 4.13. The molecule has 110 valence electrons. The van der Waals surface area contributed by atoms with E-state index in [1.165, 1.54) is 0 Å². The summed E-state index contributed by atoms with van der Waals surface area (Å²) in [6, 6.07) is 1.76. The zero-order chi connectivity index (χ0) is 14.9. The van der Waals surface area contributed by atoms with Crippen molar-refractivity contribution in [2.24, 2.45) is 0 Å². The maximum absolute atomic E-state index is 11.1. The van der Waals surface area contributed by atoms with E-state index in [-0.39, 0.29) is 6.42 Å². The standard InChI is InChI=1S/C14H17BrO5/c1-18-9-6-8(15)12(19-2)11(13(9)20-3)14(4-5-14)7-10(16)17/h6H,4-5,7H2,1-3H3,(H,16,17). The smallest absolute Gasteiger partial charge is 0.304 e. The van der Waals surface area contributed by atoms with Crippen molar-refractivity contribution in [2.75, 3.05) is 21.3 Å². The monoisotopic (exact) mass is 344 g/mol. The summed E-state index contributed by atoms with van der Waals surface area (Å²) in [5, 5.41) is 9.15. The van der Waals surface area contributed by atoms with Gasteiger partial charge in [0.25, 0.3) is 0 Å². The molecule has 1 aliphatic carbocycles. The molecule has 0 aromatic heterocycles. The number of hydrogen-bond donors (Lipinski definition) is 1. The number of benzene rings is 1. The average Bonchev–Trinajstić information content (AvgIpc) is 3.16. The second-order valence-electron chi connectivity index (χ2n) is 4.85. The molecule has 0 saturated heterocycles. The van der Waals surface area contributed by atoms with E-state index in [1.54, 1.807) is 27.4 Å². The minimum absolute atomic E-state index is 0.0549. The summed E-state index contributed by atoms with van der Waals surface area (Å²) in [4.78, 5) is 11.1. The van der Waals surface area contributed by atoms with Gasteiger partial charge in [0, 0.05) is 17.0 Å². The van der Waals surface area contributed by atoms with E-state index in [0.29, 0.717) is 17.2 Å². The van der Waals surface area contributed by atoms with Gasteiger partial charge in [-0.05, 0) is 28.8 Å². The van der Waals surface area contributed by atoms with Crippen molar-refractivity contribution in [3.63, 3.8) is 0 Å². The predicted molar refractivity (Wildman–Crippen MR) is 77.0 cm³/mol. The zero-order valence-corrected chi connectivity index (χ0v) is 13.2. The summed E-state index contributed by atoms with van der Waals surface area (Å²) in [5.41, 5.74) is 0.343. The number of halogens is 1. The number of rotatable bonds is 6. The van der Waals surface area contributed by atoms with Gasteiger partial charge in [0.1, 0.15) is 5.75 Å². The zero-order valence-electron chi connectivity index (χ0n) is 11.7. The molecule has 5 nitrogen and oxygen atoms in total. The number of carboxylic acids is 1. The van der Waals surface area contributed by atoms with Crippen LogP contribution in [0.1, 0.15) is 24.8 Å². The first-order valence-corrected chi connectivity index (χ1v) is 6.99. The van der Waals surface area contributed by atoms with Gasteiger partial charge in [0.15, 0.2) is 11.5 Å². The van der Waals surface area contributed by atoms with E-state index < -0.39 is 11.4 Å². The highest BCUT2D eigenvalue weighted by atomic mass is 79.9. The average molecular weight is 345 g/mol. The van der Waals surface area contributed by atoms with Crippen LogP contribution in [-0.2, 0) is 10.2 Å². The van der Waals surface area contributed by atoms with Gasteiger partial charge in [-0.15, -0.1) is 0 Å². The first-order chi connectivity index (χ1) is 9.49. The van der Waals surface area contributed by atoms with Crippen molar-refractivity contribution in [2.45, 2.75) is 24.7 Å². The number of aliphatic carboxylic acids is 1.